The van der Waals surface area contributed by atoms with Crippen LogP contribution in [0.1, 0.15) is 32.8 Å². The second-order valence-electron chi connectivity index (χ2n) is 6.71. The third-order valence-corrected chi connectivity index (χ3v) is 5.57. The summed E-state index contributed by atoms with van der Waals surface area (Å²) >= 11 is 0. The Bertz CT molecular complexity index is 575. The number of aliphatic hydroxyl groups is 1. The summed E-state index contributed by atoms with van der Waals surface area (Å²) in [4.78, 5) is 2.05. The number of hydrogen-bond donors (Lipinski definition) is 1. The van der Waals surface area contributed by atoms with E-state index < -0.39 is 9.84 Å². The third kappa shape index (κ3) is 4.28. The Morgan fingerprint density at radius 3 is 2.67 bits per heavy atom. The number of aliphatic hydroxyl groups excluding tert-OH is 1. The monoisotopic (exact) mass is 315 g/mol. The average Bonchev–Trinajstić information content (AvgIpc) is 2.94. The highest BCUT2D eigenvalue weighted by Crippen LogP contribution is 2.20. The lowest BCUT2D eigenvalue weighted by atomic mass is 10.1. The zero-order valence-electron chi connectivity index (χ0n) is 13.0. The van der Waals surface area contributed by atoms with Crippen LogP contribution in [0.25, 0.3) is 0 Å². The largest absolute Gasteiger partial charge is 0.395 e. The molecule has 21 heavy (non-hydrogen) atoms. The Kier molecular flexibility index (Phi) is 4.75. The second-order valence-corrected chi connectivity index (χ2v) is 8.94. The van der Waals surface area contributed by atoms with Crippen molar-refractivity contribution < 1.29 is 13.5 Å². The molecule has 1 atom stereocenters. The number of aromatic nitrogens is 2. The maximum Gasteiger partial charge on any atom is 0.151 e. The smallest absolute Gasteiger partial charge is 0.151 e. The summed E-state index contributed by atoms with van der Waals surface area (Å²) in [7, 11) is -2.91. The number of sulfone groups is 1. The van der Waals surface area contributed by atoms with E-state index in [0.717, 1.165) is 5.56 Å². The van der Waals surface area contributed by atoms with Crippen LogP contribution in [0.5, 0.6) is 0 Å². The minimum Gasteiger partial charge on any atom is -0.395 e. The van der Waals surface area contributed by atoms with E-state index >= 15 is 0 Å². The number of rotatable bonds is 5. The van der Waals surface area contributed by atoms with E-state index in [1.54, 1.807) is 0 Å². The normalized spacial score (nSPS) is 22.0. The fourth-order valence-corrected chi connectivity index (χ4v) is 4.39. The van der Waals surface area contributed by atoms with Gasteiger partial charge in [0.1, 0.15) is 0 Å². The molecule has 0 spiro atoms. The predicted molar refractivity (Wildman–Crippen MR) is 81.8 cm³/mol. The molecule has 0 saturated carbocycles. The molecule has 1 fully saturated rings. The Labute approximate surface area is 126 Å². The lowest BCUT2D eigenvalue weighted by molar-refractivity contribution is 0.153. The average molecular weight is 315 g/mol. The van der Waals surface area contributed by atoms with Crippen LogP contribution in [0.4, 0.5) is 0 Å². The molecule has 1 unspecified atom stereocenters. The van der Waals surface area contributed by atoms with Crippen LogP contribution >= 0.6 is 0 Å². The highest BCUT2D eigenvalue weighted by atomic mass is 32.2. The fraction of sp³-hybridized carbons (Fsp3) is 0.786. The number of nitrogens with zero attached hydrogens (tertiary/aromatic N) is 3. The Morgan fingerprint density at radius 1 is 1.48 bits per heavy atom. The van der Waals surface area contributed by atoms with Gasteiger partial charge < -0.3 is 5.11 Å². The molecule has 0 aromatic carbocycles. The highest BCUT2D eigenvalue weighted by Gasteiger charge is 2.32. The molecule has 1 aliphatic heterocycles. The standard InChI is InChI=1S/C14H25N3O3S/c1-14(2,3)17-10-12(8-15-17)9-16(5-6-18)13-4-7-21(19,20)11-13/h8,10,13,18H,4-7,9,11H2,1-3H3. The van der Waals surface area contributed by atoms with Crippen molar-refractivity contribution in [2.24, 2.45) is 0 Å². The summed E-state index contributed by atoms with van der Waals surface area (Å²) in [5.41, 5.74) is 0.971. The zero-order chi connectivity index (χ0) is 15.7. The molecule has 2 rings (SSSR count). The molecular formula is C14H25N3O3S. The van der Waals surface area contributed by atoms with E-state index in [4.69, 9.17) is 0 Å². The molecule has 1 aromatic heterocycles. The van der Waals surface area contributed by atoms with Gasteiger partial charge in [-0.1, -0.05) is 0 Å². The molecule has 0 bridgehead atoms. The van der Waals surface area contributed by atoms with Gasteiger partial charge >= 0.3 is 0 Å². The maximum absolute atomic E-state index is 11.6. The molecule has 1 aromatic rings. The van der Waals surface area contributed by atoms with Gasteiger partial charge in [0.25, 0.3) is 0 Å². The van der Waals surface area contributed by atoms with Crippen molar-refractivity contribution in [1.29, 1.82) is 0 Å². The summed E-state index contributed by atoms with van der Waals surface area (Å²) in [5.74, 6) is 0.446. The van der Waals surface area contributed by atoms with Crippen molar-refractivity contribution in [2.75, 3.05) is 24.7 Å². The molecule has 1 aliphatic rings. The Morgan fingerprint density at radius 2 is 2.19 bits per heavy atom. The molecular weight excluding hydrogens is 290 g/mol. The first-order chi connectivity index (χ1) is 9.71. The quantitative estimate of drug-likeness (QED) is 0.862. The predicted octanol–water partition coefficient (Wildman–Crippen LogP) is 0.620. The Balaban J connectivity index is 2.08. The van der Waals surface area contributed by atoms with Gasteiger partial charge in [0.2, 0.25) is 0 Å². The molecule has 0 aliphatic carbocycles. The SMILES string of the molecule is CC(C)(C)n1cc(CN(CCO)C2CCS(=O)(=O)C2)cn1. The first kappa shape index (κ1) is 16.5. The first-order valence-corrected chi connectivity index (χ1v) is 9.13. The van der Waals surface area contributed by atoms with Crippen molar-refractivity contribution in [2.45, 2.75) is 45.3 Å². The van der Waals surface area contributed by atoms with E-state index in [1.165, 1.54) is 0 Å². The first-order valence-electron chi connectivity index (χ1n) is 7.30. The molecule has 1 N–H and O–H groups in total. The van der Waals surface area contributed by atoms with E-state index in [0.29, 0.717) is 19.5 Å². The third-order valence-electron chi connectivity index (χ3n) is 3.82. The number of hydrogen-bond acceptors (Lipinski definition) is 5. The summed E-state index contributed by atoms with van der Waals surface area (Å²) < 4.78 is 25.2. The molecule has 0 radical (unpaired) electrons. The summed E-state index contributed by atoms with van der Waals surface area (Å²) in [5, 5.41) is 13.6. The van der Waals surface area contributed by atoms with Crippen LogP contribution in [-0.4, -0.2) is 58.9 Å². The van der Waals surface area contributed by atoms with Crippen LogP contribution in [0.3, 0.4) is 0 Å². The van der Waals surface area contributed by atoms with E-state index in [2.05, 4.69) is 30.8 Å². The highest BCUT2D eigenvalue weighted by molar-refractivity contribution is 7.91. The fourth-order valence-electron chi connectivity index (χ4n) is 2.63. The van der Waals surface area contributed by atoms with Gasteiger partial charge in [-0.05, 0) is 27.2 Å². The van der Waals surface area contributed by atoms with E-state index in [-0.39, 0.29) is 29.7 Å². The van der Waals surface area contributed by atoms with Gasteiger partial charge in [-0.15, -0.1) is 0 Å². The van der Waals surface area contributed by atoms with Crippen LogP contribution in [-0.2, 0) is 21.9 Å². The van der Waals surface area contributed by atoms with Crippen molar-refractivity contribution in [3.05, 3.63) is 18.0 Å². The van der Waals surface area contributed by atoms with Gasteiger partial charge in [0.15, 0.2) is 9.84 Å². The minimum absolute atomic E-state index is 0.000127. The lowest BCUT2D eigenvalue weighted by Crippen LogP contribution is -2.37. The van der Waals surface area contributed by atoms with E-state index in [9.17, 15) is 13.5 Å². The van der Waals surface area contributed by atoms with Gasteiger partial charge in [0, 0.05) is 30.9 Å². The summed E-state index contributed by atoms with van der Waals surface area (Å²) in [6, 6.07) is 0.000127. The second kappa shape index (κ2) is 6.06. The topological polar surface area (TPSA) is 75.4 Å². The van der Waals surface area contributed by atoms with Crippen molar-refractivity contribution in [1.82, 2.24) is 14.7 Å². The maximum atomic E-state index is 11.6. The molecule has 7 heteroatoms. The lowest BCUT2D eigenvalue weighted by Gasteiger charge is -2.26. The van der Waals surface area contributed by atoms with Gasteiger partial charge in [0.05, 0.1) is 29.8 Å². The van der Waals surface area contributed by atoms with Crippen LogP contribution in [0.15, 0.2) is 12.4 Å². The zero-order valence-corrected chi connectivity index (χ0v) is 13.8. The minimum atomic E-state index is -2.91. The van der Waals surface area contributed by atoms with Gasteiger partial charge in [-0.3, -0.25) is 9.58 Å². The van der Waals surface area contributed by atoms with Gasteiger partial charge in [-0.25, -0.2) is 8.42 Å². The van der Waals surface area contributed by atoms with Gasteiger partial charge in [-0.2, -0.15) is 5.10 Å². The molecule has 1 saturated heterocycles. The molecule has 6 nitrogen and oxygen atoms in total. The van der Waals surface area contributed by atoms with Crippen molar-refractivity contribution in [3.8, 4) is 0 Å². The van der Waals surface area contributed by atoms with Crippen molar-refractivity contribution in [3.63, 3.8) is 0 Å². The molecule has 2 heterocycles. The van der Waals surface area contributed by atoms with E-state index in [1.807, 2.05) is 17.1 Å². The van der Waals surface area contributed by atoms with Crippen LogP contribution in [0, 0.1) is 0 Å². The van der Waals surface area contributed by atoms with Crippen molar-refractivity contribution >= 4 is 9.84 Å². The van der Waals surface area contributed by atoms with Crippen LogP contribution < -0.4 is 0 Å². The molecule has 0 amide bonds. The summed E-state index contributed by atoms with van der Waals surface area (Å²) in [6.45, 7) is 7.39. The summed E-state index contributed by atoms with van der Waals surface area (Å²) in [6.07, 6.45) is 4.46. The Hall–Kier alpha value is -0.920. The van der Waals surface area contributed by atoms with Crippen LogP contribution in [0.2, 0.25) is 0 Å². The molecule has 120 valence electrons.